The van der Waals surface area contributed by atoms with E-state index in [0.717, 1.165) is 18.5 Å². The molecule has 2 rings (SSSR count). The fourth-order valence-corrected chi connectivity index (χ4v) is 2.82. The van der Waals surface area contributed by atoms with Crippen molar-refractivity contribution in [2.24, 2.45) is 13.0 Å². The molecule has 1 fully saturated rings. The van der Waals surface area contributed by atoms with Gasteiger partial charge in [0.2, 0.25) is 11.8 Å². The number of rotatable bonds is 7. The van der Waals surface area contributed by atoms with Crippen molar-refractivity contribution in [3.05, 3.63) is 18.0 Å². The molecule has 23 heavy (non-hydrogen) atoms. The van der Waals surface area contributed by atoms with Gasteiger partial charge in [0.05, 0.1) is 12.1 Å². The first kappa shape index (κ1) is 17.5. The summed E-state index contributed by atoms with van der Waals surface area (Å²) in [5.74, 6) is 0.00247. The SMILES string of the molecule is CCC(C)NC(=O)CCNC(=O)[C@H]1CNC[C@@H]1c1cnn(C)c1. The Hall–Kier alpha value is -1.89. The molecule has 1 aliphatic rings. The number of hydrogen-bond acceptors (Lipinski definition) is 4. The van der Waals surface area contributed by atoms with Crippen LogP contribution in [0.5, 0.6) is 0 Å². The van der Waals surface area contributed by atoms with Crippen LogP contribution in [0.15, 0.2) is 12.4 Å². The minimum absolute atomic E-state index is 0.000179. The highest BCUT2D eigenvalue weighted by molar-refractivity contribution is 5.81. The number of nitrogens with one attached hydrogen (secondary N) is 3. The average molecular weight is 321 g/mol. The third-order valence-electron chi connectivity index (χ3n) is 4.38. The highest BCUT2D eigenvalue weighted by atomic mass is 16.2. The summed E-state index contributed by atoms with van der Waals surface area (Å²) in [5, 5.41) is 13.2. The Morgan fingerprint density at radius 1 is 1.48 bits per heavy atom. The molecule has 3 N–H and O–H groups in total. The molecule has 0 saturated carbocycles. The van der Waals surface area contributed by atoms with E-state index >= 15 is 0 Å². The van der Waals surface area contributed by atoms with Crippen LogP contribution in [0.4, 0.5) is 0 Å². The number of aryl methyl sites for hydroxylation is 1. The number of hydrogen-bond donors (Lipinski definition) is 3. The van der Waals surface area contributed by atoms with Gasteiger partial charge in [-0.1, -0.05) is 6.92 Å². The van der Waals surface area contributed by atoms with Gasteiger partial charge in [-0.3, -0.25) is 14.3 Å². The van der Waals surface area contributed by atoms with Gasteiger partial charge in [-0.15, -0.1) is 0 Å². The number of carbonyl (C=O) groups is 2. The van der Waals surface area contributed by atoms with Crippen molar-refractivity contribution < 1.29 is 9.59 Å². The van der Waals surface area contributed by atoms with Crippen LogP contribution >= 0.6 is 0 Å². The molecule has 1 aliphatic heterocycles. The number of carbonyl (C=O) groups excluding carboxylic acids is 2. The number of nitrogens with zero attached hydrogens (tertiary/aromatic N) is 2. The molecular weight excluding hydrogens is 294 g/mol. The maximum absolute atomic E-state index is 12.4. The monoisotopic (exact) mass is 321 g/mol. The maximum atomic E-state index is 12.4. The summed E-state index contributed by atoms with van der Waals surface area (Å²) in [7, 11) is 1.87. The first-order chi connectivity index (χ1) is 11.0. The van der Waals surface area contributed by atoms with Crippen LogP contribution in [0.2, 0.25) is 0 Å². The Labute approximate surface area is 137 Å². The van der Waals surface area contributed by atoms with Crippen molar-refractivity contribution in [3.63, 3.8) is 0 Å². The number of amides is 2. The van der Waals surface area contributed by atoms with Gasteiger partial charge < -0.3 is 16.0 Å². The van der Waals surface area contributed by atoms with Crippen molar-refractivity contribution in [1.29, 1.82) is 0 Å². The summed E-state index contributed by atoms with van der Waals surface area (Å²) in [4.78, 5) is 24.1. The smallest absolute Gasteiger partial charge is 0.225 e. The van der Waals surface area contributed by atoms with Gasteiger partial charge in [0.25, 0.3) is 0 Å². The Morgan fingerprint density at radius 2 is 2.26 bits per heavy atom. The van der Waals surface area contributed by atoms with Gasteiger partial charge in [-0.25, -0.2) is 0 Å². The first-order valence-corrected chi connectivity index (χ1v) is 8.27. The molecule has 1 aromatic rings. The zero-order valence-corrected chi connectivity index (χ0v) is 14.1. The second kappa shape index (κ2) is 8.10. The third-order valence-corrected chi connectivity index (χ3v) is 4.38. The molecule has 1 saturated heterocycles. The molecule has 1 unspecified atom stereocenters. The molecule has 0 radical (unpaired) electrons. The fourth-order valence-electron chi connectivity index (χ4n) is 2.82. The van der Waals surface area contributed by atoms with Gasteiger partial charge in [0.15, 0.2) is 0 Å². The van der Waals surface area contributed by atoms with E-state index in [1.807, 2.05) is 33.3 Å². The molecule has 0 aromatic carbocycles. The van der Waals surface area contributed by atoms with Crippen LogP contribution in [-0.4, -0.2) is 47.3 Å². The second-order valence-electron chi connectivity index (χ2n) is 6.24. The standard InChI is InChI=1S/C16H27N5O2/c1-4-11(2)20-15(22)5-6-18-16(23)14-9-17-8-13(14)12-7-19-21(3)10-12/h7,10-11,13-14,17H,4-6,8-9H2,1-3H3,(H,18,23)(H,20,22)/t11?,13-,14+/m1/s1. The Kier molecular flexibility index (Phi) is 6.15. The van der Waals surface area contributed by atoms with Gasteiger partial charge in [0.1, 0.15) is 0 Å². The fraction of sp³-hybridized carbons (Fsp3) is 0.688. The molecule has 2 heterocycles. The summed E-state index contributed by atoms with van der Waals surface area (Å²) in [6.07, 6.45) is 4.99. The van der Waals surface area contributed by atoms with Crippen LogP contribution in [0.3, 0.4) is 0 Å². The average Bonchev–Trinajstić information content (AvgIpc) is 3.15. The molecule has 0 spiro atoms. The van der Waals surface area contributed by atoms with Gasteiger partial charge in [-0.05, 0) is 18.9 Å². The Morgan fingerprint density at radius 3 is 2.91 bits per heavy atom. The Bertz CT molecular complexity index is 542. The van der Waals surface area contributed by atoms with Crippen LogP contribution in [-0.2, 0) is 16.6 Å². The van der Waals surface area contributed by atoms with Gasteiger partial charge in [0, 0.05) is 51.3 Å². The van der Waals surface area contributed by atoms with Crippen molar-refractivity contribution in [2.45, 2.75) is 38.6 Å². The quantitative estimate of drug-likeness (QED) is 0.667. The van der Waals surface area contributed by atoms with Crippen LogP contribution in [0.25, 0.3) is 0 Å². The lowest BCUT2D eigenvalue weighted by Gasteiger charge is -2.17. The van der Waals surface area contributed by atoms with E-state index in [0.29, 0.717) is 19.5 Å². The first-order valence-electron chi connectivity index (χ1n) is 8.27. The van der Waals surface area contributed by atoms with Crippen molar-refractivity contribution in [3.8, 4) is 0 Å². The molecule has 7 heteroatoms. The molecule has 0 aliphatic carbocycles. The van der Waals surface area contributed by atoms with Crippen LogP contribution in [0.1, 0.15) is 38.2 Å². The summed E-state index contributed by atoms with van der Waals surface area (Å²) in [5.41, 5.74) is 1.08. The highest BCUT2D eigenvalue weighted by Crippen LogP contribution is 2.27. The van der Waals surface area contributed by atoms with E-state index in [9.17, 15) is 9.59 Å². The zero-order chi connectivity index (χ0) is 16.8. The lowest BCUT2D eigenvalue weighted by atomic mass is 9.90. The largest absolute Gasteiger partial charge is 0.355 e. The molecule has 2 amide bonds. The minimum atomic E-state index is -0.114. The minimum Gasteiger partial charge on any atom is -0.355 e. The molecule has 3 atom stereocenters. The zero-order valence-electron chi connectivity index (χ0n) is 14.1. The lowest BCUT2D eigenvalue weighted by Crippen LogP contribution is -2.38. The number of aromatic nitrogens is 2. The van der Waals surface area contributed by atoms with Crippen molar-refractivity contribution >= 4 is 11.8 Å². The molecule has 128 valence electrons. The molecular formula is C16H27N5O2. The predicted octanol–water partition coefficient (Wildman–Crippen LogP) is 0.144. The van der Waals surface area contributed by atoms with E-state index in [-0.39, 0.29) is 29.7 Å². The van der Waals surface area contributed by atoms with Gasteiger partial charge in [-0.2, -0.15) is 5.10 Å². The normalized spacial score (nSPS) is 21.9. The van der Waals surface area contributed by atoms with Crippen molar-refractivity contribution in [2.75, 3.05) is 19.6 Å². The van der Waals surface area contributed by atoms with Crippen LogP contribution in [0, 0.1) is 5.92 Å². The summed E-state index contributed by atoms with van der Waals surface area (Å²) in [6, 6.07) is 0.173. The summed E-state index contributed by atoms with van der Waals surface area (Å²) >= 11 is 0. The van der Waals surface area contributed by atoms with E-state index in [4.69, 9.17) is 0 Å². The second-order valence-corrected chi connectivity index (χ2v) is 6.24. The van der Waals surface area contributed by atoms with E-state index < -0.39 is 0 Å². The molecule has 1 aromatic heterocycles. The third kappa shape index (κ3) is 4.79. The molecule has 0 bridgehead atoms. The maximum Gasteiger partial charge on any atom is 0.225 e. The topological polar surface area (TPSA) is 88.1 Å². The highest BCUT2D eigenvalue weighted by Gasteiger charge is 2.34. The van der Waals surface area contributed by atoms with Gasteiger partial charge >= 0.3 is 0 Å². The van der Waals surface area contributed by atoms with E-state index in [1.165, 1.54) is 0 Å². The van der Waals surface area contributed by atoms with E-state index in [1.54, 1.807) is 4.68 Å². The van der Waals surface area contributed by atoms with Crippen LogP contribution < -0.4 is 16.0 Å². The summed E-state index contributed by atoms with van der Waals surface area (Å²) in [6.45, 7) is 5.80. The molecule has 7 nitrogen and oxygen atoms in total. The summed E-state index contributed by atoms with van der Waals surface area (Å²) < 4.78 is 1.75. The Balaban J connectivity index is 1.80. The van der Waals surface area contributed by atoms with Crippen molar-refractivity contribution in [1.82, 2.24) is 25.7 Å². The predicted molar refractivity (Wildman–Crippen MR) is 87.8 cm³/mol. The lowest BCUT2D eigenvalue weighted by molar-refractivity contribution is -0.125. The van der Waals surface area contributed by atoms with E-state index in [2.05, 4.69) is 21.0 Å².